The minimum atomic E-state index is -3.75. The molecule has 4 nitrogen and oxygen atoms in total. The Morgan fingerprint density at radius 3 is 1.21 bits per heavy atom. The highest BCUT2D eigenvalue weighted by molar-refractivity contribution is 7.85. The fourth-order valence-electron chi connectivity index (χ4n) is 2.16. The van der Waals surface area contributed by atoms with Crippen LogP contribution in [0.1, 0.15) is 77.0 Å². The molecule has 5 heteroatoms. The summed E-state index contributed by atoms with van der Waals surface area (Å²) in [6.07, 6.45) is 13.3. The van der Waals surface area contributed by atoms with Crippen molar-refractivity contribution in [1.82, 2.24) is 0 Å². The smallest absolute Gasteiger partial charge is 0.264 e. The van der Waals surface area contributed by atoms with E-state index in [2.05, 4.69) is 0 Å². The quantitative estimate of drug-likeness (QED) is 0.379. The first kappa shape index (κ1) is 18.9. The molecule has 0 atom stereocenters. The molecule has 116 valence electrons. The monoisotopic (exact) mass is 294 g/mol. The summed E-state index contributed by atoms with van der Waals surface area (Å²) < 4.78 is 29.5. The van der Waals surface area contributed by atoms with Crippen molar-refractivity contribution in [3.05, 3.63) is 0 Å². The van der Waals surface area contributed by atoms with Crippen LogP contribution in [-0.2, 0) is 10.1 Å². The summed E-state index contributed by atoms with van der Waals surface area (Å²) in [6, 6.07) is 0. The van der Waals surface area contributed by atoms with Crippen LogP contribution in [0.25, 0.3) is 0 Å². The molecule has 0 aromatic rings. The van der Waals surface area contributed by atoms with Gasteiger partial charge in [-0.2, -0.15) is 8.42 Å². The molecule has 0 aliphatic carbocycles. The van der Waals surface area contributed by atoms with Crippen molar-refractivity contribution in [2.45, 2.75) is 77.0 Å². The molecule has 0 aromatic heterocycles. The molecule has 0 aliphatic heterocycles. The Balaban J connectivity index is 3.03. The minimum Gasteiger partial charge on any atom is -0.396 e. The van der Waals surface area contributed by atoms with Crippen molar-refractivity contribution in [3.8, 4) is 0 Å². The van der Waals surface area contributed by atoms with Crippen molar-refractivity contribution in [2.24, 2.45) is 0 Å². The molecule has 0 spiro atoms. The van der Waals surface area contributed by atoms with Gasteiger partial charge in [0.2, 0.25) is 0 Å². The highest BCUT2D eigenvalue weighted by Gasteiger charge is 2.02. The van der Waals surface area contributed by atoms with E-state index in [0.29, 0.717) is 13.0 Å². The van der Waals surface area contributed by atoms with Crippen molar-refractivity contribution >= 4 is 10.1 Å². The third-order valence-electron chi connectivity index (χ3n) is 3.31. The van der Waals surface area contributed by atoms with E-state index in [0.717, 1.165) is 32.1 Å². The van der Waals surface area contributed by atoms with Crippen LogP contribution < -0.4 is 0 Å². The minimum absolute atomic E-state index is 0.0964. The molecule has 0 bridgehead atoms. The maximum atomic E-state index is 10.5. The van der Waals surface area contributed by atoms with Gasteiger partial charge in [0.15, 0.2) is 0 Å². The zero-order chi connectivity index (χ0) is 14.4. The van der Waals surface area contributed by atoms with Gasteiger partial charge in [0.1, 0.15) is 0 Å². The summed E-state index contributed by atoms with van der Waals surface area (Å²) in [5.74, 6) is -0.0964. The number of unbranched alkanes of at least 4 members (excludes halogenated alkanes) is 11. The second-order valence-corrected chi connectivity index (χ2v) is 6.82. The zero-order valence-electron chi connectivity index (χ0n) is 12.0. The van der Waals surface area contributed by atoms with Crippen LogP contribution >= 0.6 is 0 Å². The Morgan fingerprint density at radius 2 is 0.895 bits per heavy atom. The molecule has 0 heterocycles. The maximum absolute atomic E-state index is 10.5. The largest absolute Gasteiger partial charge is 0.396 e. The highest BCUT2D eigenvalue weighted by Crippen LogP contribution is 2.12. The number of hydrogen-bond donors (Lipinski definition) is 2. The van der Waals surface area contributed by atoms with E-state index in [1.165, 1.54) is 38.5 Å². The molecule has 0 radical (unpaired) electrons. The standard InChI is InChI=1S/C14H30O4S/c15-13-11-9-7-5-3-1-2-4-6-8-10-12-14-19(16,17)18/h15H,1-14H2,(H,16,17,18). The molecule has 2 N–H and O–H groups in total. The molecule has 0 saturated carbocycles. The van der Waals surface area contributed by atoms with Crippen LogP contribution in [0.3, 0.4) is 0 Å². The Labute approximate surface area is 118 Å². The van der Waals surface area contributed by atoms with E-state index < -0.39 is 10.1 Å². The van der Waals surface area contributed by atoms with Gasteiger partial charge >= 0.3 is 0 Å². The fourth-order valence-corrected chi connectivity index (χ4v) is 2.73. The zero-order valence-corrected chi connectivity index (χ0v) is 12.8. The van der Waals surface area contributed by atoms with Gasteiger partial charge in [-0.1, -0.05) is 64.2 Å². The molecular formula is C14H30O4S. The lowest BCUT2D eigenvalue weighted by atomic mass is 10.1. The average molecular weight is 294 g/mol. The predicted molar refractivity (Wildman–Crippen MR) is 78.9 cm³/mol. The van der Waals surface area contributed by atoms with Crippen LogP contribution in [-0.4, -0.2) is 30.4 Å². The molecule has 0 unspecified atom stereocenters. The maximum Gasteiger partial charge on any atom is 0.264 e. The van der Waals surface area contributed by atoms with Crippen LogP contribution in [0.15, 0.2) is 0 Å². The fraction of sp³-hybridized carbons (Fsp3) is 1.00. The Kier molecular flexibility index (Phi) is 12.8. The van der Waals surface area contributed by atoms with Crippen molar-refractivity contribution < 1.29 is 18.1 Å². The normalized spacial score (nSPS) is 11.9. The summed E-state index contributed by atoms with van der Waals surface area (Å²) in [5.41, 5.74) is 0. The predicted octanol–water partition coefficient (Wildman–Crippen LogP) is 3.55. The molecule has 19 heavy (non-hydrogen) atoms. The second kappa shape index (κ2) is 12.9. The molecular weight excluding hydrogens is 264 g/mol. The van der Waals surface area contributed by atoms with Gasteiger partial charge in [-0.05, 0) is 12.8 Å². The lowest BCUT2D eigenvalue weighted by Gasteiger charge is -2.02. The van der Waals surface area contributed by atoms with Gasteiger partial charge in [0.25, 0.3) is 10.1 Å². The Bertz CT molecular complexity index is 275. The van der Waals surface area contributed by atoms with E-state index in [1.807, 2.05) is 0 Å². The van der Waals surface area contributed by atoms with Crippen LogP contribution in [0.2, 0.25) is 0 Å². The molecule has 0 saturated heterocycles. The summed E-state index contributed by atoms with van der Waals surface area (Å²) in [4.78, 5) is 0. The van der Waals surface area contributed by atoms with E-state index in [-0.39, 0.29) is 5.75 Å². The van der Waals surface area contributed by atoms with Gasteiger partial charge in [-0.25, -0.2) is 0 Å². The number of aliphatic hydroxyl groups is 1. The number of aliphatic hydroxyl groups excluding tert-OH is 1. The van der Waals surface area contributed by atoms with Gasteiger partial charge in [-0.15, -0.1) is 0 Å². The second-order valence-electron chi connectivity index (χ2n) is 5.25. The van der Waals surface area contributed by atoms with E-state index in [1.54, 1.807) is 0 Å². The molecule has 0 amide bonds. The first-order chi connectivity index (χ1) is 9.06. The van der Waals surface area contributed by atoms with E-state index in [9.17, 15) is 8.42 Å². The van der Waals surface area contributed by atoms with Crippen LogP contribution in [0.5, 0.6) is 0 Å². The molecule has 0 aliphatic rings. The van der Waals surface area contributed by atoms with Crippen LogP contribution in [0.4, 0.5) is 0 Å². The van der Waals surface area contributed by atoms with Crippen molar-refractivity contribution in [1.29, 1.82) is 0 Å². The summed E-state index contributed by atoms with van der Waals surface area (Å²) >= 11 is 0. The lowest BCUT2D eigenvalue weighted by Crippen LogP contribution is -2.03. The summed E-state index contributed by atoms with van der Waals surface area (Å²) in [5, 5.41) is 8.62. The average Bonchev–Trinajstić information content (AvgIpc) is 2.34. The Morgan fingerprint density at radius 1 is 0.579 bits per heavy atom. The first-order valence-electron chi connectivity index (χ1n) is 7.62. The topological polar surface area (TPSA) is 74.6 Å². The summed E-state index contributed by atoms with van der Waals surface area (Å²) in [6.45, 7) is 0.317. The van der Waals surface area contributed by atoms with Gasteiger partial charge in [0.05, 0.1) is 5.75 Å². The first-order valence-corrected chi connectivity index (χ1v) is 9.23. The van der Waals surface area contributed by atoms with Crippen LogP contribution in [0, 0.1) is 0 Å². The Hall–Kier alpha value is -0.130. The van der Waals surface area contributed by atoms with Gasteiger partial charge < -0.3 is 5.11 Å². The van der Waals surface area contributed by atoms with Gasteiger partial charge in [0, 0.05) is 6.61 Å². The van der Waals surface area contributed by atoms with E-state index in [4.69, 9.17) is 9.66 Å². The van der Waals surface area contributed by atoms with Gasteiger partial charge in [-0.3, -0.25) is 4.55 Å². The molecule has 0 fully saturated rings. The third-order valence-corrected chi connectivity index (χ3v) is 4.11. The third kappa shape index (κ3) is 17.9. The van der Waals surface area contributed by atoms with E-state index >= 15 is 0 Å². The number of rotatable bonds is 14. The van der Waals surface area contributed by atoms with Crippen molar-refractivity contribution in [2.75, 3.05) is 12.4 Å². The summed E-state index contributed by atoms with van der Waals surface area (Å²) in [7, 11) is -3.75. The highest BCUT2D eigenvalue weighted by atomic mass is 32.2. The SMILES string of the molecule is O=S(=O)(O)CCCCCCCCCCCCCCO. The molecule has 0 aromatic carbocycles. The molecule has 0 rings (SSSR count). The van der Waals surface area contributed by atoms with Crippen molar-refractivity contribution in [3.63, 3.8) is 0 Å². The lowest BCUT2D eigenvalue weighted by molar-refractivity contribution is 0.282. The number of hydrogen-bond acceptors (Lipinski definition) is 3.